The summed E-state index contributed by atoms with van der Waals surface area (Å²) in [7, 11) is 0. The lowest BCUT2D eigenvalue weighted by molar-refractivity contribution is -0.116. The van der Waals surface area contributed by atoms with E-state index in [4.69, 9.17) is 0 Å². The third-order valence-corrected chi connectivity index (χ3v) is 4.97. The van der Waals surface area contributed by atoms with Gasteiger partial charge in [-0.05, 0) is 44.4 Å². The van der Waals surface area contributed by atoms with Crippen molar-refractivity contribution in [3.8, 4) is 0 Å². The average molecular weight is 234 g/mol. The molecule has 2 aliphatic rings. The monoisotopic (exact) mass is 234 g/mol. The van der Waals surface area contributed by atoms with Gasteiger partial charge in [-0.2, -0.15) is 0 Å². The highest BCUT2D eigenvalue weighted by atomic mass is 16.1. The molecule has 0 aliphatic heterocycles. The van der Waals surface area contributed by atoms with Crippen LogP contribution >= 0.6 is 0 Å². The highest BCUT2D eigenvalue weighted by Gasteiger charge is 2.46. The summed E-state index contributed by atoms with van der Waals surface area (Å²) >= 11 is 0. The molecule has 0 aromatic carbocycles. The Morgan fingerprint density at radius 3 is 2.94 bits per heavy atom. The number of carbonyl (C=O) groups is 2. The van der Waals surface area contributed by atoms with E-state index in [-0.39, 0.29) is 11.3 Å². The Bertz CT molecular complexity index is 332. The second-order valence-corrected chi connectivity index (χ2v) is 5.67. The van der Waals surface area contributed by atoms with Gasteiger partial charge in [0.25, 0.3) is 0 Å². The van der Waals surface area contributed by atoms with Gasteiger partial charge in [-0.25, -0.2) is 0 Å². The minimum Gasteiger partial charge on any atom is -0.303 e. The number of hydrogen-bond acceptors (Lipinski definition) is 2. The van der Waals surface area contributed by atoms with Crippen LogP contribution < -0.4 is 0 Å². The fourth-order valence-electron chi connectivity index (χ4n) is 3.89. The quantitative estimate of drug-likeness (QED) is 0.552. The largest absolute Gasteiger partial charge is 0.303 e. The summed E-state index contributed by atoms with van der Waals surface area (Å²) in [6, 6.07) is 0. The molecule has 2 nitrogen and oxygen atoms in total. The second kappa shape index (κ2) is 5.16. The van der Waals surface area contributed by atoms with Crippen LogP contribution in [0.2, 0.25) is 0 Å². The lowest BCUT2D eigenvalue weighted by Crippen LogP contribution is -2.42. The molecule has 0 aromatic rings. The van der Waals surface area contributed by atoms with Gasteiger partial charge in [-0.3, -0.25) is 0 Å². The molecular formula is C15H22O2. The first-order valence-electron chi connectivity index (χ1n) is 6.82. The third-order valence-electron chi connectivity index (χ3n) is 4.97. The molecule has 0 aromatic heterocycles. The van der Waals surface area contributed by atoms with Crippen molar-refractivity contribution in [2.75, 3.05) is 0 Å². The first-order chi connectivity index (χ1) is 8.23. The van der Waals surface area contributed by atoms with E-state index in [0.717, 1.165) is 51.1 Å². The van der Waals surface area contributed by atoms with Crippen molar-refractivity contribution >= 4 is 12.6 Å². The number of fused-ring (bicyclic) bond motifs is 1. The van der Waals surface area contributed by atoms with Crippen molar-refractivity contribution in [1.29, 1.82) is 0 Å². The zero-order chi connectivity index (χ0) is 12.3. The van der Waals surface area contributed by atoms with Crippen molar-refractivity contribution in [2.24, 2.45) is 17.3 Å². The van der Waals surface area contributed by atoms with Crippen LogP contribution in [0.15, 0.2) is 11.6 Å². The van der Waals surface area contributed by atoms with Crippen molar-refractivity contribution in [2.45, 2.75) is 51.9 Å². The van der Waals surface area contributed by atoms with Crippen molar-refractivity contribution in [3.05, 3.63) is 11.6 Å². The maximum atomic E-state index is 11.3. The van der Waals surface area contributed by atoms with Crippen molar-refractivity contribution in [3.63, 3.8) is 0 Å². The Hall–Kier alpha value is -0.920. The molecule has 0 spiro atoms. The van der Waals surface area contributed by atoms with E-state index in [1.807, 2.05) is 0 Å². The minimum atomic E-state index is 0.0429. The zero-order valence-corrected chi connectivity index (χ0v) is 10.7. The number of carbonyl (C=O) groups excluding carboxylic acids is 2. The van der Waals surface area contributed by atoms with Gasteiger partial charge >= 0.3 is 0 Å². The summed E-state index contributed by atoms with van der Waals surface area (Å²) < 4.78 is 0. The third kappa shape index (κ3) is 2.10. The molecule has 0 amide bonds. The van der Waals surface area contributed by atoms with Crippen LogP contribution in [0.25, 0.3) is 0 Å². The molecule has 3 atom stereocenters. The van der Waals surface area contributed by atoms with Gasteiger partial charge in [0.2, 0.25) is 0 Å². The fraction of sp³-hybridized carbons (Fsp3) is 0.733. The van der Waals surface area contributed by atoms with E-state index < -0.39 is 0 Å². The van der Waals surface area contributed by atoms with Gasteiger partial charge in [0.1, 0.15) is 12.6 Å². The van der Waals surface area contributed by atoms with E-state index >= 15 is 0 Å². The summed E-state index contributed by atoms with van der Waals surface area (Å²) in [5, 5.41) is 0. The molecular weight excluding hydrogens is 212 g/mol. The zero-order valence-electron chi connectivity index (χ0n) is 10.7. The highest BCUT2D eigenvalue weighted by Crippen LogP contribution is 2.54. The molecule has 17 heavy (non-hydrogen) atoms. The molecule has 2 rings (SSSR count). The molecule has 0 bridgehead atoms. The number of allylic oxidation sites excluding steroid dienone is 2. The topological polar surface area (TPSA) is 34.1 Å². The molecule has 1 saturated carbocycles. The second-order valence-electron chi connectivity index (χ2n) is 5.67. The SMILES string of the molecule is C[C@]12C(=CCC[C@@H]1CCC=O)CCC[C@@H]2C=O. The summed E-state index contributed by atoms with van der Waals surface area (Å²) in [5.41, 5.74) is 1.53. The van der Waals surface area contributed by atoms with E-state index in [1.54, 1.807) is 0 Å². The van der Waals surface area contributed by atoms with Crippen LogP contribution in [0.3, 0.4) is 0 Å². The summed E-state index contributed by atoms with van der Waals surface area (Å²) in [6.45, 7) is 2.26. The Morgan fingerprint density at radius 1 is 1.41 bits per heavy atom. The maximum absolute atomic E-state index is 11.3. The molecule has 0 saturated heterocycles. The van der Waals surface area contributed by atoms with Crippen LogP contribution in [-0.4, -0.2) is 12.6 Å². The van der Waals surface area contributed by atoms with Crippen LogP contribution in [-0.2, 0) is 9.59 Å². The predicted molar refractivity (Wildman–Crippen MR) is 67.6 cm³/mol. The van der Waals surface area contributed by atoms with Gasteiger partial charge in [-0.1, -0.05) is 18.6 Å². The van der Waals surface area contributed by atoms with Crippen molar-refractivity contribution < 1.29 is 9.59 Å². The molecule has 2 heteroatoms. The van der Waals surface area contributed by atoms with Crippen LogP contribution in [0.4, 0.5) is 0 Å². The first-order valence-corrected chi connectivity index (χ1v) is 6.82. The van der Waals surface area contributed by atoms with E-state index in [1.165, 1.54) is 5.57 Å². The molecule has 2 aliphatic carbocycles. The van der Waals surface area contributed by atoms with Gasteiger partial charge in [0.15, 0.2) is 0 Å². The van der Waals surface area contributed by atoms with Gasteiger partial charge in [0.05, 0.1) is 0 Å². The Kier molecular flexibility index (Phi) is 3.80. The lowest BCUT2D eigenvalue weighted by Gasteiger charge is -2.49. The molecule has 94 valence electrons. The fourth-order valence-corrected chi connectivity index (χ4v) is 3.89. The van der Waals surface area contributed by atoms with Gasteiger partial charge in [-0.15, -0.1) is 0 Å². The van der Waals surface area contributed by atoms with Gasteiger partial charge in [0, 0.05) is 17.8 Å². The minimum absolute atomic E-state index is 0.0429. The Labute approximate surface area is 103 Å². The van der Waals surface area contributed by atoms with E-state index in [2.05, 4.69) is 13.0 Å². The Morgan fingerprint density at radius 2 is 2.24 bits per heavy atom. The predicted octanol–water partition coefficient (Wildman–Crippen LogP) is 3.31. The highest BCUT2D eigenvalue weighted by molar-refractivity contribution is 5.58. The van der Waals surface area contributed by atoms with Gasteiger partial charge < -0.3 is 9.59 Å². The summed E-state index contributed by atoms with van der Waals surface area (Å²) in [5.74, 6) is 0.683. The molecule has 0 unspecified atom stereocenters. The average Bonchev–Trinajstić information content (AvgIpc) is 2.35. The summed E-state index contributed by atoms with van der Waals surface area (Å²) in [6.07, 6.45) is 11.7. The number of hydrogen-bond donors (Lipinski definition) is 0. The standard InChI is InChI=1S/C15H22O2/c1-15-12(7-3-8-14(15)11-17)5-2-6-13(15)9-4-10-16/h5,10-11,13-14H,2-4,6-9H2,1H3/t13-,14-,15+/m1/s1. The Balaban J connectivity index is 2.26. The molecule has 1 fully saturated rings. The van der Waals surface area contributed by atoms with Crippen LogP contribution in [0.1, 0.15) is 51.9 Å². The lowest BCUT2D eigenvalue weighted by atomic mass is 9.55. The first kappa shape index (κ1) is 12.5. The number of rotatable bonds is 4. The molecule has 0 radical (unpaired) electrons. The smallest absolute Gasteiger partial charge is 0.123 e. The van der Waals surface area contributed by atoms with Crippen LogP contribution in [0.5, 0.6) is 0 Å². The maximum Gasteiger partial charge on any atom is 0.123 e. The van der Waals surface area contributed by atoms with E-state index in [0.29, 0.717) is 12.3 Å². The normalized spacial score (nSPS) is 36.9. The summed E-state index contributed by atoms with van der Waals surface area (Å²) in [4.78, 5) is 21.9. The number of aldehydes is 2. The molecule has 0 heterocycles. The molecule has 0 N–H and O–H groups in total. The van der Waals surface area contributed by atoms with Crippen LogP contribution in [0, 0.1) is 17.3 Å². The van der Waals surface area contributed by atoms with Crippen molar-refractivity contribution in [1.82, 2.24) is 0 Å². The van der Waals surface area contributed by atoms with E-state index in [9.17, 15) is 9.59 Å².